The Morgan fingerprint density at radius 2 is 1.90 bits per heavy atom. The Kier molecular flexibility index (Phi) is 3.21. The lowest BCUT2D eigenvalue weighted by atomic mass is 10.1. The number of aryl methyl sites for hydroxylation is 1. The van der Waals surface area contributed by atoms with E-state index in [-0.39, 0.29) is 12.3 Å². The number of hydrogen-bond acceptors (Lipinski definition) is 2. The summed E-state index contributed by atoms with van der Waals surface area (Å²) in [4.78, 5) is 12.2. The monoisotopic (exact) mass is 265 g/mol. The van der Waals surface area contributed by atoms with Gasteiger partial charge in [0.05, 0.1) is 11.9 Å². The Balaban J connectivity index is 1.78. The van der Waals surface area contributed by atoms with E-state index in [1.807, 2.05) is 66.5 Å². The first kappa shape index (κ1) is 12.4. The first-order chi connectivity index (χ1) is 9.74. The zero-order valence-electron chi connectivity index (χ0n) is 11.2. The van der Waals surface area contributed by atoms with Gasteiger partial charge in [0.25, 0.3) is 0 Å². The van der Waals surface area contributed by atoms with Crippen molar-refractivity contribution >= 4 is 5.78 Å². The van der Waals surface area contributed by atoms with E-state index in [2.05, 4.69) is 5.10 Å². The summed E-state index contributed by atoms with van der Waals surface area (Å²) >= 11 is 0. The molecule has 2 aromatic heterocycles. The number of rotatable bonds is 4. The standard InChI is InChI=1S/C16H15N3O/c1-18-9-5-8-15(18)16(20)12-19-11-14(10-17-19)13-6-3-2-4-7-13/h2-11H,12H2,1H3. The molecule has 2 heterocycles. The van der Waals surface area contributed by atoms with Crippen molar-refractivity contribution in [3.8, 4) is 11.1 Å². The molecule has 0 N–H and O–H groups in total. The van der Waals surface area contributed by atoms with Crippen LogP contribution in [0, 0.1) is 0 Å². The number of carbonyl (C=O) groups excluding carboxylic acids is 1. The SMILES string of the molecule is Cn1cccc1C(=O)Cn1cc(-c2ccccc2)cn1. The highest BCUT2D eigenvalue weighted by molar-refractivity contribution is 5.94. The van der Waals surface area contributed by atoms with E-state index in [0.29, 0.717) is 5.69 Å². The normalized spacial score (nSPS) is 10.7. The summed E-state index contributed by atoms with van der Waals surface area (Å²) in [5, 5.41) is 4.26. The fraction of sp³-hybridized carbons (Fsp3) is 0.125. The molecule has 0 aliphatic carbocycles. The zero-order valence-corrected chi connectivity index (χ0v) is 11.2. The third kappa shape index (κ3) is 2.40. The van der Waals surface area contributed by atoms with E-state index < -0.39 is 0 Å². The predicted octanol–water partition coefficient (Wildman–Crippen LogP) is 2.77. The molecule has 3 rings (SSSR count). The van der Waals surface area contributed by atoms with Crippen molar-refractivity contribution < 1.29 is 4.79 Å². The maximum atomic E-state index is 12.2. The maximum absolute atomic E-state index is 12.2. The lowest BCUT2D eigenvalue weighted by Gasteiger charge is -2.02. The molecule has 0 spiro atoms. The highest BCUT2D eigenvalue weighted by atomic mass is 16.1. The topological polar surface area (TPSA) is 39.8 Å². The van der Waals surface area contributed by atoms with Crippen molar-refractivity contribution in [2.24, 2.45) is 7.05 Å². The molecule has 0 bridgehead atoms. The first-order valence-corrected chi connectivity index (χ1v) is 6.46. The van der Waals surface area contributed by atoms with E-state index in [1.54, 1.807) is 10.9 Å². The average molecular weight is 265 g/mol. The minimum absolute atomic E-state index is 0.0558. The van der Waals surface area contributed by atoms with Crippen LogP contribution >= 0.6 is 0 Å². The van der Waals surface area contributed by atoms with Gasteiger partial charge in [0.2, 0.25) is 5.78 Å². The van der Waals surface area contributed by atoms with E-state index in [0.717, 1.165) is 11.1 Å². The highest BCUT2D eigenvalue weighted by Gasteiger charge is 2.10. The van der Waals surface area contributed by atoms with Crippen molar-refractivity contribution in [1.82, 2.24) is 14.3 Å². The highest BCUT2D eigenvalue weighted by Crippen LogP contribution is 2.17. The molecule has 4 nitrogen and oxygen atoms in total. The quantitative estimate of drug-likeness (QED) is 0.680. The summed E-state index contributed by atoms with van der Waals surface area (Å²) in [6.45, 7) is 0.255. The smallest absolute Gasteiger partial charge is 0.200 e. The van der Waals surface area contributed by atoms with Crippen LogP contribution in [0.2, 0.25) is 0 Å². The van der Waals surface area contributed by atoms with Crippen molar-refractivity contribution in [3.05, 3.63) is 66.7 Å². The van der Waals surface area contributed by atoms with Gasteiger partial charge in [0, 0.05) is 25.0 Å². The van der Waals surface area contributed by atoms with Crippen LogP contribution in [-0.2, 0) is 13.6 Å². The number of Topliss-reactive ketones (excluding diaryl/α,β-unsaturated/α-hetero) is 1. The third-order valence-electron chi connectivity index (χ3n) is 3.28. The molecule has 0 aliphatic rings. The minimum Gasteiger partial charge on any atom is -0.348 e. The molecule has 0 amide bonds. The summed E-state index contributed by atoms with van der Waals surface area (Å²) in [6, 6.07) is 13.7. The van der Waals surface area contributed by atoms with E-state index in [1.165, 1.54) is 0 Å². The van der Waals surface area contributed by atoms with E-state index in [4.69, 9.17) is 0 Å². The number of carbonyl (C=O) groups is 1. The molecule has 0 atom stereocenters. The fourth-order valence-corrected chi connectivity index (χ4v) is 2.21. The molecule has 0 saturated heterocycles. The number of hydrogen-bond donors (Lipinski definition) is 0. The molecule has 0 fully saturated rings. The van der Waals surface area contributed by atoms with Crippen LogP contribution < -0.4 is 0 Å². The van der Waals surface area contributed by atoms with Gasteiger partial charge in [0.15, 0.2) is 0 Å². The van der Waals surface area contributed by atoms with Crippen molar-refractivity contribution in [3.63, 3.8) is 0 Å². The van der Waals surface area contributed by atoms with Gasteiger partial charge in [-0.05, 0) is 17.7 Å². The van der Waals surface area contributed by atoms with Gasteiger partial charge in [-0.2, -0.15) is 5.10 Å². The van der Waals surface area contributed by atoms with E-state index in [9.17, 15) is 4.79 Å². The predicted molar refractivity (Wildman–Crippen MR) is 77.4 cm³/mol. The second-order valence-corrected chi connectivity index (χ2v) is 4.72. The summed E-state index contributed by atoms with van der Waals surface area (Å²) < 4.78 is 3.50. The van der Waals surface area contributed by atoms with Gasteiger partial charge in [-0.3, -0.25) is 9.48 Å². The minimum atomic E-state index is 0.0558. The van der Waals surface area contributed by atoms with Gasteiger partial charge in [0.1, 0.15) is 6.54 Å². The van der Waals surface area contributed by atoms with Crippen LogP contribution in [0.15, 0.2) is 61.1 Å². The summed E-state index contributed by atoms with van der Waals surface area (Å²) in [5.41, 5.74) is 2.82. The van der Waals surface area contributed by atoms with Gasteiger partial charge in [-0.25, -0.2) is 0 Å². The summed E-state index contributed by atoms with van der Waals surface area (Å²) in [7, 11) is 1.87. The number of aromatic nitrogens is 3. The lowest BCUT2D eigenvalue weighted by molar-refractivity contribution is 0.0960. The van der Waals surface area contributed by atoms with E-state index >= 15 is 0 Å². The van der Waals surface area contributed by atoms with Gasteiger partial charge >= 0.3 is 0 Å². The Hall–Kier alpha value is -2.62. The number of nitrogens with zero attached hydrogens (tertiary/aromatic N) is 3. The van der Waals surface area contributed by atoms with Crippen LogP contribution in [0.5, 0.6) is 0 Å². The molecule has 0 saturated carbocycles. The fourth-order valence-electron chi connectivity index (χ4n) is 2.21. The van der Waals surface area contributed by atoms with Gasteiger partial charge in [-0.1, -0.05) is 30.3 Å². The van der Waals surface area contributed by atoms with Gasteiger partial charge < -0.3 is 4.57 Å². The molecule has 0 unspecified atom stereocenters. The molecule has 4 heteroatoms. The van der Waals surface area contributed by atoms with Crippen LogP contribution in [0.3, 0.4) is 0 Å². The number of benzene rings is 1. The summed E-state index contributed by atoms with van der Waals surface area (Å²) in [5.74, 6) is 0.0558. The average Bonchev–Trinajstić information content (AvgIpc) is 3.09. The van der Waals surface area contributed by atoms with Crippen LogP contribution in [0.1, 0.15) is 10.5 Å². The maximum Gasteiger partial charge on any atom is 0.200 e. The second kappa shape index (κ2) is 5.17. The molecular formula is C16H15N3O. The Labute approximate surface area is 117 Å². The molecule has 0 aliphatic heterocycles. The van der Waals surface area contributed by atoms with Gasteiger partial charge in [-0.15, -0.1) is 0 Å². The zero-order chi connectivity index (χ0) is 13.9. The Morgan fingerprint density at radius 1 is 1.10 bits per heavy atom. The number of ketones is 1. The summed E-state index contributed by atoms with van der Waals surface area (Å²) in [6.07, 6.45) is 5.55. The molecule has 0 radical (unpaired) electrons. The Morgan fingerprint density at radius 3 is 2.60 bits per heavy atom. The lowest BCUT2D eigenvalue weighted by Crippen LogP contribution is -2.13. The van der Waals surface area contributed by atoms with Crippen molar-refractivity contribution in [2.45, 2.75) is 6.54 Å². The molecule has 100 valence electrons. The first-order valence-electron chi connectivity index (χ1n) is 6.46. The molecule has 1 aromatic carbocycles. The second-order valence-electron chi connectivity index (χ2n) is 4.72. The largest absolute Gasteiger partial charge is 0.348 e. The molecule has 20 heavy (non-hydrogen) atoms. The third-order valence-corrected chi connectivity index (χ3v) is 3.28. The van der Waals surface area contributed by atoms with Crippen LogP contribution in [0.25, 0.3) is 11.1 Å². The van der Waals surface area contributed by atoms with Crippen molar-refractivity contribution in [2.75, 3.05) is 0 Å². The van der Waals surface area contributed by atoms with Crippen LogP contribution in [0.4, 0.5) is 0 Å². The van der Waals surface area contributed by atoms with Crippen LogP contribution in [-0.4, -0.2) is 20.1 Å². The van der Waals surface area contributed by atoms with Crippen molar-refractivity contribution in [1.29, 1.82) is 0 Å². The Bertz CT molecular complexity index is 725. The molecule has 3 aromatic rings. The molecular weight excluding hydrogens is 250 g/mol.